The van der Waals surface area contributed by atoms with Gasteiger partial charge in [-0.15, -0.1) is 18.8 Å². The molecule has 1 rings (SSSR count). The summed E-state index contributed by atoms with van der Waals surface area (Å²) >= 11 is 0. The number of carboxylic acid groups (broad SMARTS) is 2. The zero-order valence-electron chi connectivity index (χ0n) is 7.43. The van der Waals surface area contributed by atoms with E-state index in [-0.39, 0.29) is 29.1 Å². The third-order valence-corrected chi connectivity index (χ3v) is 1.59. The Labute approximate surface area is 92.0 Å². The molecule has 0 atom stereocenters. The van der Waals surface area contributed by atoms with Gasteiger partial charge >= 0.3 is 11.9 Å². The fourth-order valence-electron chi connectivity index (χ4n) is 0.958. The van der Waals surface area contributed by atoms with Gasteiger partial charge in [-0.1, -0.05) is 5.92 Å². The highest BCUT2D eigenvalue weighted by molar-refractivity contribution is 5.94. The zero-order chi connectivity index (χ0) is 10.7. The van der Waals surface area contributed by atoms with Gasteiger partial charge in [0.2, 0.25) is 0 Å². The highest BCUT2D eigenvalue weighted by Crippen LogP contribution is 2.09. The van der Waals surface area contributed by atoms with E-state index in [0.29, 0.717) is 0 Å². The molecule has 0 aliphatic rings. The quantitative estimate of drug-likeness (QED) is 0.750. The second-order valence-corrected chi connectivity index (χ2v) is 2.55. The maximum Gasteiger partial charge on any atom is 0.335 e. The van der Waals surface area contributed by atoms with Crippen molar-refractivity contribution in [3.8, 4) is 12.3 Å². The Morgan fingerprint density at radius 1 is 1.07 bits per heavy atom. The lowest BCUT2D eigenvalue weighted by Gasteiger charge is -1.99. The lowest BCUT2D eigenvalue weighted by atomic mass is 10.1. The summed E-state index contributed by atoms with van der Waals surface area (Å²) in [5.74, 6) is -0.217. The number of hydrogen-bond donors (Lipinski definition) is 2. The van der Waals surface area contributed by atoms with E-state index in [0.717, 1.165) is 6.07 Å². The zero-order valence-corrected chi connectivity index (χ0v) is 8.25. The molecule has 0 heterocycles. The van der Waals surface area contributed by atoms with E-state index >= 15 is 0 Å². The number of carbonyl (C=O) groups is 2. The molecule has 0 spiro atoms. The van der Waals surface area contributed by atoms with Crippen LogP contribution < -0.4 is 0 Å². The maximum atomic E-state index is 10.6. The molecule has 0 aliphatic heterocycles. The van der Waals surface area contributed by atoms with Gasteiger partial charge in [0, 0.05) is 5.56 Å². The number of carboxylic acids is 2. The number of terminal acetylenes is 1. The van der Waals surface area contributed by atoms with Crippen LogP contribution >= 0.6 is 12.4 Å². The molecule has 0 saturated heterocycles. The molecule has 0 unspecified atom stereocenters. The minimum atomic E-state index is -1.20. The van der Waals surface area contributed by atoms with Crippen molar-refractivity contribution in [1.82, 2.24) is 0 Å². The van der Waals surface area contributed by atoms with E-state index in [1.165, 1.54) is 12.1 Å². The predicted octanol–water partition coefficient (Wildman–Crippen LogP) is 1.49. The van der Waals surface area contributed by atoms with Crippen LogP contribution in [0.15, 0.2) is 18.2 Å². The van der Waals surface area contributed by atoms with E-state index in [4.69, 9.17) is 16.6 Å². The van der Waals surface area contributed by atoms with Gasteiger partial charge in [0.05, 0.1) is 11.1 Å². The van der Waals surface area contributed by atoms with Crippen LogP contribution in [-0.2, 0) is 0 Å². The predicted molar refractivity (Wildman–Crippen MR) is 55.5 cm³/mol. The van der Waals surface area contributed by atoms with Gasteiger partial charge in [-0.3, -0.25) is 0 Å². The highest BCUT2D eigenvalue weighted by atomic mass is 35.5. The van der Waals surface area contributed by atoms with Crippen LogP contribution in [0.5, 0.6) is 0 Å². The first-order chi connectivity index (χ1) is 6.54. The summed E-state index contributed by atoms with van der Waals surface area (Å²) in [5, 5.41) is 17.3. The first-order valence-electron chi connectivity index (χ1n) is 3.63. The highest BCUT2D eigenvalue weighted by Gasteiger charge is 2.10. The van der Waals surface area contributed by atoms with Gasteiger partial charge in [0.1, 0.15) is 0 Å². The van der Waals surface area contributed by atoms with Gasteiger partial charge in [-0.05, 0) is 18.2 Å². The summed E-state index contributed by atoms with van der Waals surface area (Å²) in [6, 6.07) is 3.55. The van der Waals surface area contributed by atoms with Crippen LogP contribution in [0, 0.1) is 12.3 Å². The summed E-state index contributed by atoms with van der Waals surface area (Å²) in [6.07, 6.45) is 5.05. The lowest BCUT2D eigenvalue weighted by molar-refractivity contribution is 0.0696. The standard InChI is InChI=1S/C10H6O4.ClH/c1-2-6-3-7(9(11)12)5-8(4-6)10(13)14;/h1,3-5H,(H,11,12)(H,13,14);1H. The van der Waals surface area contributed by atoms with Crippen molar-refractivity contribution in [3.05, 3.63) is 34.9 Å². The van der Waals surface area contributed by atoms with E-state index < -0.39 is 11.9 Å². The van der Waals surface area contributed by atoms with Crippen molar-refractivity contribution in [3.63, 3.8) is 0 Å². The Balaban J connectivity index is 0.00000196. The van der Waals surface area contributed by atoms with E-state index in [2.05, 4.69) is 5.92 Å². The Morgan fingerprint density at radius 2 is 1.47 bits per heavy atom. The fourth-order valence-corrected chi connectivity index (χ4v) is 0.958. The summed E-state index contributed by atoms with van der Waals surface area (Å²) in [5.41, 5.74) is -0.0157. The normalized spacial score (nSPS) is 8.47. The summed E-state index contributed by atoms with van der Waals surface area (Å²) in [4.78, 5) is 21.2. The van der Waals surface area contributed by atoms with Gasteiger partial charge < -0.3 is 10.2 Å². The molecule has 1 aromatic carbocycles. The van der Waals surface area contributed by atoms with Crippen LogP contribution in [-0.4, -0.2) is 22.2 Å². The molecule has 15 heavy (non-hydrogen) atoms. The van der Waals surface area contributed by atoms with Crippen molar-refractivity contribution >= 4 is 24.3 Å². The third-order valence-electron chi connectivity index (χ3n) is 1.59. The molecule has 4 nitrogen and oxygen atoms in total. The average Bonchev–Trinajstić information content (AvgIpc) is 2.16. The van der Waals surface area contributed by atoms with Crippen LogP contribution in [0.3, 0.4) is 0 Å². The van der Waals surface area contributed by atoms with E-state index in [9.17, 15) is 9.59 Å². The second-order valence-electron chi connectivity index (χ2n) is 2.55. The van der Waals surface area contributed by atoms with Crippen molar-refractivity contribution in [2.75, 3.05) is 0 Å². The largest absolute Gasteiger partial charge is 0.478 e. The van der Waals surface area contributed by atoms with Crippen molar-refractivity contribution in [2.45, 2.75) is 0 Å². The summed E-state index contributed by atoms with van der Waals surface area (Å²) in [7, 11) is 0. The molecule has 1 aromatic rings. The summed E-state index contributed by atoms with van der Waals surface area (Å²) in [6.45, 7) is 0. The molecule has 0 aromatic heterocycles. The summed E-state index contributed by atoms with van der Waals surface area (Å²) < 4.78 is 0. The topological polar surface area (TPSA) is 74.6 Å². The number of hydrogen-bond acceptors (Lipinski definition) is 2. The second kappa shape index (κ2) is 5.03. The molecule has 5 heteroatoms. The smallest absolute Gasteiger partial charge is 0.335 e. The molecular formula is C10H7ClO4. The van der Waals surface area contributed by atoms with Crippen LogP contribution in [0.4, 0.5) is 0 Å². The number of aromatic carboxylic acids is 2. The number of benzene rings is 1. The van der Waals surface area contributed by atoms with Gasteiger partial charge in [-0.2, -0.15) is 0 Å². The molecular weight excluding hydrogens is 220 g/mol. The average molecular weight is 227 g/mol. The van der Waals surface area contributed by atoms with Gasteiger partial charge in [0.25, 0.3) is 0 Å². The first-order valence-corrected chi connectivity index (χ1v) is 3.63. The molecule has 0 aliphatic carbocycles. The van der Waals surface area contributed by atoms with Gasteiger partial charge in [-0.25, -0.2) is 9.59 Å². The molecule has 2 N–H and O–H groups in total. The van der Waals surface area contributed by atoms with Crippen molar-refractivity contribution in [1.29, 1.82) is 0 Å². The molecule has 0 saturated carbocycles. The molecule has 78 valence electrons. The maximum absolute atomic E-state index is 10.6. The Morgan fingerprint density at radius 3 is 1.73 bits per heavy atom. The van der Waals surface area contributed by atoms with Crippen molar-refractivity contribution in [2.24, 2.45) is 0 Å². The Hall–Kier alpha value is -1.99. The van der Waals surface area contributed by atoms with Gasteiger partial charge in [0.15, 0.2) is 0 Å². The van der Waals surface area contributed by atoms with Crippen LogP contribution in [0.1, 0.15) is 26.3 Å². The first kappa shape index (κ1) is 13.0. The third kappa shape index (κ3) is 3.01. The molecule has 0 amide bonds. The molecule has 0 fully saturated rings. The van der Waals surface area contributed by atoms with Crippen molar-refractivity contribution < 1.29 is 19.8 Å². The van der Waals surface area contributed by atoms with E-state index in [1.54, 1.807) is 0 Å². The lowest BCUT2D eigenvalue weighted by Crippen LogP contribution is -2.03. The molecule has 0 radical (unpaired) electrons. The molecule has 0 bridgehead atoms. The minimum absolute atomic E-state index is 0. The Bertz CT molecular complexity index is 413. The van der Waals surface area contributed by atoms with E-state index in [1.807, 2.05) is 0 Å². The number of halogens is 1. The Kier molecular flexibility index (Phi) is 4.36. The van der Waals surface area contributed by atoms with Crippen LogP contribution in [0.25, 0.3) is 0 Å². The van der Waals surface area contributed by atoms with Crippen LogP contribution in [0.2, 0.25) is 0 Å². The fraction of sp³-hybridized carbons (Fsp3) is 0. The SMILES string of the molecule is C#Cc1cc(C(=O)O)cc(C(=O)O)c1.Cl. The minimum Gasteiger partial charge on any atom is -0.478 e. The monoisotopic (exact) mass is 226 g/mol. The number of rotatable bonds is 2.